The van der Waals surface area contributed by atoms with E-state index in [1.165, 1.54) is 6.33 Å². The average molecular weight is 266 g/mol. The Morgan fingerprint density at radius 1 is 1.42 bits per heavy atom. The summed E-state index contributed by atoms with van der Waals surface area (Å²) in [5.74, 6) is 1.09. The molecule has 0 unspecified atom stereocenters. The van der Waals surface area contributed by atoms with Crippen molar-refractivity contribution in [1.82, 2.24) is 9.97 Å². The van der Waals surface area contributed by atoms with Gasteiger partial charge >= 0.3 is 0 Å². The zero-order chi connectivity index (χ0) is 13.7. The van der Waals surface area contributed by atoms with Gasteiger partial charge in [0.15, 0.2) is 5.82 Å². The van der Waals surface area contributed by atoms with Gasteiger partial charge in [0.25, 0.3) is 0 Å². The van der Waals surface area contributed by atoms with Gasteiger partial charge < -0.3 is 20.5 Å². The van der Waals surface area contributed by atoms with E-state index in [1.54, 1.807) is 0 Å². The van der Waals surface area contributed by atoms with Crippen LogP contribution < -0.4 is 15.8 Å². The van der Waals surface area contributed by atoms with E-state index in [1.807, 2.05) is 6.92 Å². The molecule has 6 heteroatoms. The summed E-state index contributed by atoms with van der Waals surface area (Å²) in [7, 11) is 0. The molecule has 6 nitrogen and oxygen atoms in total. The van der Waals surface area contributed by atoms with Gasteiger partial charge in [0, 0.05) is 19.8 Å². The molecule has 0 spiro atoms. The Hall–Kier alpha value is -1.56. The lowest BCUT2D eigenvalue weighted by molar-refractivity contribution is 0.0300. The quantitative estimate of drug-likeness (QED) is 0.844. The van der Waals surface area contributed by atoms with Gasteiger partial charge in [0.05, 0.1) is 6.61 Å². The van der Waals surface area contributed by atoms with Gasteiger partial charge in [-0.3, -0.25) is 0 Å². The van der Waals surface area contributed by atoms with Gasteiger partial charge in [-0.25, -0.2) is 4.98 Å². The third-order valence-corrected chi connectivity index (χ3v) is 3.51. The lowest BCUT2D eigenvalue weighted by Gasteiger charge is -2.33. The number of aromatic nitrogens is 2. The zero-order valence-corrected chi connectivity index (χ0v) is 11.6. The molecule has 1 aliphatic heterocycles. The molecule has 0 atom stereocenters. The first-order valence-electron chi connectivity index (χ1n) is 6.69. The molecule has 1 aromatic heterocycles. The Balaban J connectivity index is 2.00. The van der Waals surface area contributed by atoms with Gasteiger partial charge in [-0.2, -0.15) is 4.98 Å². The first-order chi connectivity index (χ1) is 9.14. The van der Waals surface area contributed by atoms with Gasteiger partial charge in [0.1, 0.15) is 12.0 Å². The van der Waals surface area contributed by atoms with E-state index >= 15 is 0 Å². The lowest BCUT2D eigenvalue weighted by Crippen LogP contribution is -2.33. The summed E-state index contributed by atoms with van der Waals surface area (Å²) >= 11 is 0. The molecule has 0 saturated carbocycles. The molecule has 0 amide bonds. The number of anilines is 2. The molecule has 1 aromatic rings. The summed E-state index contributed by atoms with van der Waals surface area (Å²) < 4.78 is 10.8. The molecule has 1 saturated heterocycles. The molecule has 2 heterocycles. The molecule has 0 aliphatic carbocycles. The van der Waals surface area contributed by atoms with Crippen LogP contribution in [0.4, 0.5) is 11.5 Å². The third-order valence-electron chi connectivity index (χ3n) is 3.51. The van der Waals surface area contributed by atoms with Crippen LogP contribution in [0, 0.1) is 5.41 Å². The zero-order valence-electron chi connectivity index (χ0n) is 11.6. The molecular formula is C13H22N4O2. The minimum Gasteiger partial charge on any atom is -0.476 e. The highest BCUT2D eigenvalue weighted by molar-refractivity contribution is 5.66. The maximum Gasteiger partial charge on any atom is 0.242 e. The second-order valence-electron chi connectivity index (χ2n) is 5.15. The maximum atomic E-state index is 5.99. The minimum atomic E-state index is 0.224. The van der Waals surface area contributed by atoms with Crippen molar-refractivity contribution in [2.75, 3.05) is 37.4 Å². The van der Waals surface area contributed by atoms with Crippen molar-refractivity contribution < 1.29 is 9.47 Å². The number of nitrogens with two attached hydrogens (primary N) is 1. The van der Waals surface area contributed by atoms with E-state index in [4.69, 9.17) is 15.2 Å². The minimum absolute atomic E-state index is 0.224. The van der Waals surface area contributed by atoms with Crippen LogP contribution in [0.25, 0.3) is 0 Å². The highest BCUT2D eigenvalue weighted by Crippen LogP contribution is 2.31. The SMILES string of the molecule is CCOc1ncnc(NCC2(C)CCOCC2)c1N. The van der Waals surface area contributed by atoms with Gasteiger partial charge in [-0.1, -0.05) is 6.92 Å². The van der Waals surface area contributed by atoms with Crippen LogP contribution in [0.1, 0.15) is 26.7 Å². The first kappa shape index (κ1) is 13.9. The van der Waals surface area contributed by atoms with E-state index in [9.17, 15) is 0 Å². The van der Waals surface area contributed by atoms with Crippen LogP contribution in [0.3, 0.4) is 0 Å². The van der Waals surface area contributed by atoms with Crippen LogP contribution >= 0.6 is 0 Å². The number of hydrogen-bond acceptors (Lipinski definition) is 6. The van der Waals surface area contributed by atoms with Crippen LogP contribution in [0.5, 0.6) is 5.88 Å². The molecule has 2 rings (SSSR count). The average Bonchev–Trinajstić information content (AvgIpc) is 2.41. The van der Waals surface area contributed by atoms with E-state index < -0.39 is 0 Å². The summed E-state index contributed by atoms with van der Waals surface area (Å²) in [4.78, 5) is 8.20. The predicted molar refractivity (Wildman–Crippen MR) is 74.3 cm³/mol. The first-order valence-corrected chi connectivity index (χ1v) is 6.69. The summed E-state index contributed by atoms with van der Waals surface area (Å²) in [5.41, 5.74) is 6.69. The molecule has 0 radical (unpaired) electrons. The topological polar surface area (TPSA) is 82.3 Å². The normalized spacial score (nSPS) is 18.0. The lowest BCUT2D eigenvalue weighted by atomic mass is 9.82. The maximum absolute atomic E-state index is 5.99. The highest BCUT2D eigenvalue weighted by Gasteiger charge is 2.27. The molecule has 1 fully saturated rings. The Labute approximate surface area is 113 Å². The van der Waals surface area contributed by atoms with Gasteiger partial charge in [-0.05, 0) is 25.2 Å². The summed E-state index contributed by atoms with van der Waals surface area (Å²) in [6.07, 6.45) is 3.56. The number of rotatable bonds is 5. The fourth-order valence-corrected chi connectivity index (χ4v) is 2.11. The second kappa shape index (κ2) is 6.06. The molecular weight excluding hydrogens is 244 g/mol. The summed E-state index contributed by atoms with van der Waals surface area (Å²) in [6.45, 7) is 7.16. The van der Waals surface area contributed by atoms with Crippen molar-refractivity contribution in [3.05, 3.63) is 6.33 Å². The molecule has 19 heavy (non-hydrogen) atoms. The standard InChI is InChI=1S/C13H22N4O2/c1-3-19-12-10(14)11(16-9-17-12)15-8-13(2)4-6-18-7-5-13/h9H,3-8,14H2,1-2H3,(H,15,16,17). The molecule has 106 valence electrons. The predicted octanol–water partition coefficient (Wildman–Crippen LogP) is 1.69. The summed E-state index contributed by atoms with van der Waals surface area (Å²) in [6, 6.07) is 0. The Morgan fingerprint density at radius 3 is 2.84 bits per heavy atom. The second-order valence-corrected chi connectivity index (χ2v) is 5.15. The molecule has 1 aliphatic rings. The number of nitrogens with one attached hydrogen (secondary N) is 1. The largest absolute Gasteiger partial charge is 0.476 e. The molecule has 0 aromatic carbocycles. The Morgan fingerprint density at radius 2 is 2.16 bits per heavy atom. The van der Waals surface area contributed by atoms with Crippen molar-refractivity contribution in [2.24, 2.45) is 5.41 Å². The number of hydrogen-bond donors (Lipinski definition) is 2. The van der Waals surface area contributed by atoms with Gasteiger partial charge in [-0.15, -0.1) is 0 Å². The third kappa shape index (κ3) is 3.47. The molecule has 3 N–H and O–H groups in total. The van der Waals surface area contributed by atoms with Crippen LogP contribution in [-0.4, -0.2) is 36.3 Å². The van der Waals surface area contributed by atoms with Gasteiger partial charge in [0.2, 0.25) is 5.88 Å². The van der Waals surface area contributed by atoms with Crippen molar-refractivity contribution in [1.29, 1.82) is 0 Å². The van der Waals surface area contributed by atoms with E-state index in [2.05, 4.69) is 22.2 Å². The smallest absolute Gasteiger partial charge is 0.242 e. The monoisotopic (exact) mass is 266 g/mol. The number of nitrogen functional groups attached to an aromatic ring is 1. The van der Waals surface area contributed by atoms with Crippen LogP contribution in [0.2, 0.25) is 0 Å². The van der Waals surface area contributed by atoms with Crippen molar-refractivity contribution in [3.63, 3.8) is 0 Å². The van der Waals surface area contributed by atoms with Crippen LogP contribution in [0.15, 0.2) is 6.33 Å². The van der Waals surface area contributed by atoms with E-state index in [0.717, 1.165) is 32.6 Å². The van der Waals surface area contributed by atoms with Crippen molar-refractivity contribution in [3.8, 4) is 5.88 Å². The number of nitrogens with zero attached hydrogens (tertiary/aromatic N) is 2. The molecule has 0 bridgehead atoms. The van der Waals surface area contributed by atoms with Crippen molar-refractivity contribution >= 4 is 11.5 Å². The Kier molecular flexibility index (Phi) is 4.42. The van der Waals surface area contributed by atoms with E-state index in [-0.39, 0.29) is 5.41 Å². The fourth-order valence-electron chi connectivity index (χ4n) is 2.11. The Bertz CT molecular complexity index is 419. The van der Waals surface area contributed by atoms with E-state index in [0.29, 0.717) is 24.0 Å². The van der Waals surface area contributed by atoms with Crippen LogP contribution in [-0.2, 0) is 4.74 Å². The summed E-state index contributed by atoms with van der Waals surface area (Å²) in [5, 5.41) is 3.31. The highest BCUT2D eigenvalue weighted by atomic mass is 16.5. The fraction of sp³-hybridized carbons (Fsp3) is 0.692. The van der Waals surface area contributed by atoms with Crippen molar-refractivity contribution in [2.45, 2.75) is 26.7 Å². The number of ether oxygens (including phenoxy) is 2.